The number of nitrogens with zero attached hydrogens (tertiary/aromatic N) is 2. The first-order valence-electron chi connectivity index (χ1n) is 13.8. The summed E-state index contributed by atoms with van der Waals surface area (Å²) in [5.74, 6) is -2.54. The second-order valence-corrected chi connectivity index (χ2v) is 11.3. The third-order valence-electron chi connectivity index (χ3n) is 7.19. The molecule has 1 saturated heterocycles. The zero-order valence-electron chi connectivity index (χ0n) is 24.2. The highest BCUT2D eigenvalue weighted by molar-refractivity contribution is 5.94. The summed E-state index contributed by atoms with van der Waals surface area (Å²) >= 11 is 0. The quantitative estimate of drug-likeness (QED) is 0.356. The van der Waals surface area contributed by atoms with E-state index in [4.69, 9.17) is 0 Å². The number of nitrogens with one attached hydrogen (secondary N) is 3. The normalized spacial score (nSPS) is 17.6. The topological polar surface area (TPSA) is 141 Å². The second kappa shape index (κ2) is 13.0. The lowest BCUT2D eigenvalue weighted by Gasteiger charge is -2.34. The minimum Gasteiger partial charge on any atom is -0.480 e. The van der Waals surface area contributed by atoms with Crippen molar-refractivity contribution in [3.8, 4) is 0 Å². The molecule has 4 N–H and O–H groups in total. The first kappa shape index (κ1) is 30.7. The molecule has 1 aliphatic heterocycles. The number of aromatic nitrogens is 1. The van der Waals surface area contributed by atoms with Crippen LogP contribution in [-0.2, 0) is 25.6 Å². The Morgan fingerprint density at radius 1 is 1.15 bits per heavy atom. The zero-order chi connectivity index (χ0) is 29.6. The molecule has 1 fully saturated rings. The number of carbonyl (C=O) groups is 4. The van der Waals surface area contributed by atoms with E-state index < -0.39 is 41.3 Å². The molecule has 40 heavy (non-hydrogen) atoms. The molecule has 0 radical (unpaired) electrons. The number of carbonyl (C=O) groups excluding carboxylic acids is 3. The number of hydrogen-bond donors (Lipinski definition) is 4. The molecule has 2 aromatic rings. The average Bonchev–Trinajstić information content (AvgIpc) is 2.93. The van der Waals surface area contributed by atoms with Crippen molar-refractivity contribution in [1.82, 2.24) is 26.1 Å². The molecule has 0 saturated carbocycles. The maximum absolute atomic E-state index is 13.3. The van der Waals surface area contributed by atoms with Gasteiger partial charge in [0.05, 0.1) is 11.1 Å². The number of hydrazine groups is 1. The number of fused-ring (bicyclic) bond motifs is 1. The van der Waals surface area contributed by atoms with Gasteiger partial charge in [0.15, 0.2) is 0 Å². The Labute approximate surface area is 235 Å². The predicted octanol–water partition coefficient (Wildman–Crippen LogP) is 3.06. The van der Waals surface area contributed by atoms with Gasteiger partial charge in [-0.3, -0.25) is 29.2 Å². The summed E-state index contributed by atoms with van der Waals surface area (Å²) in [5, 5.41) is 18.1. The van der Waals surface area contributed by atoms with E-state index in [1.54, 1.807) is 26.0 Å². The van der Waals surface area contributed by atoms with Crippen LogP contribution in [0.2, 0.25) is 0 Å². The van der Waals surface area contributed by atoms with Gasteiger partial charge in [0.1, 0.15) is 18.1 Å². The van der Waals surface area contributed by atoms with E-state index >= 15 is 0 Å². The summed E-state index contributed by atoms with van der Waals surface area (Å²) in [7, 11) is 0. The van der Waals surface area contributed by atoms with E-state index in [0.29, 0.717) is 19.4 Å². The largest absolute Gasteiger partial charge is 0.480 e. The lowest BCUT2D eigenvalue weighted by molar-refractivity contribution is -0.148. The van der Waals surface area contributed by atoms with Gasteiger partial charge < -0.3 is 15.7 Å². The minimum absolute atomic E-state index is 0.245. The summed E-state index contributed by atoms with van der Waals surface area (Å²) < 4.78 is 0. The standard InChI is InChI=1S/C30H41N5O5/c1-7-20-10-11-21-17-31-23(16-22(21)15-20)12-13-30(5,6)29(40)33-25(18(2)3)26(36)32-19(4)27(37)35-14-8-9-24(34-35)28(38)39/h10-13,15-19,24-25,34H,7-9,14H2,1-6H3,(H,32,36)(H,33,40)(H,38,39)/b13-12+/t19-,24-,25-/m0/s1. The predicted molar refractivity (Wildman–Crippen MR) is 154 cm³/mol. The molecule has 0 aliphatic carbocycles. The van der Waals surface area contributed by atoms with Crippen molar-refractivity contribution >= 4 is 40.5 Å². The Morgan fingerprint density at radius 2 is 1.88 bits per heavy atom. The van der Waals surface area contributed by atoms with E-state index in [-0.39, 0.29) is 11.8 Å². The molecule has 1 aliphatic rings. The Morgan fingerprint density at radius 3 is 2.52 bits per heavy atom. The SMILES string of the molecule is CCc1ccc2cnc(/C=C/C(C)(C)C(=O)N[C@H](C(=O)N[C@@H](C)C(=O)N3CCC[C@@H](C(=O)O)N3)C(C)C)cc2c1. The number of hydrogen-bond acceptors (Lipinski definition) is 6. The van der Waals surface area contributed by atoms with E-state index in [9.17, 15) is 24.3 Å². The Balaban J connectivity index is 1.65. The molecule has 3 amide bonds. The van der Waals surface area contributed by atoms with Crippen molar-refractivity contribution in [2.24, 2.45) is 11.3 Å². The monoisotopic (exact) mass is 551 g/mol. The molecule has 3 atom stereocenters. The Hall–Kier alpha value is -3.79. The first-order chi connectivity index (χ1) is 18.8. The fraction of sp³-hybridized carbons (Fsp3) is 0.500. The highest BCUT2D eigenvalue weighted by atomic mass is 16.4. The number of amides is 3. The van der Waals surface area contributed by atoms with Crippen LogP contribution in [0.25, 0.3) is 16.8 Å². The van der Waals surface area contributed by atoms with Crippen LogP contribution in [0.4, 0.5) is 0 Å². The summed E-state index contributed by atoms with van der Waals surface area (Å²) in [5.41, 5.74) is 3.72. The summed E-state index contributed by atoms with van der Waals surface area (Å²) in [6.07, 6.45) is 7.28. The number of aryl methyl sites for hydroxylation is 1. The number of benzene rings is 1. The smallest absolute Gasteiger partial charge is 0.322 e. The van der Waals surface area contributed by atoms with E-state index in [1.165, 1.54) is 17.5 Å². The first-order valence-corrected chi connectivity index (χ1v) is 13.8. The van der Waals surface area contributed by atoms with Crippen molar-refractivity contribution in [2.75, 3.05) is 6.54 Å². The molecule has 1 aromatic heterocycles. The summed E-state index contributed by atoms with van der Waals surface area (Å²) in [4.78, 5) is 55.1. The third kappa shape index (κ3) is 7.65. The molecule has 216 valence electrons. The molecular formula is C30H41N5O5. The van der Waals surface area contributed by atoms with Crippen LogP contribution < -0.4 is 16.1 Å². The van der Waals surface area contributed by atoms with Gasteiger partial charge >= 0.3 is 5.97 Å². The van der Waals surface area contributed by atoms with Crippen LogP contribution in [0, 0.1) is 11.3 Å². The van der Waals surface area contributed by atoms with Gasteiger partial charge in [0, 0.05) is 18.1 Å². The highest BCUT2D eigenvalue weighted by Gasteiger charge is 2.34. The van der Waals surface area contributed by atoms with Crippen molar-refractivity contribution in [1.29, 1.82) is 0 Å². The molecule has 0 unspecified atom stereocenters. The highest BCUT2D eigenvalue weighted by Crippen LogP contribution is 2.22. The van der Waals surface area contributed by atoms with Gasteiger partial charge in [-0.25, -0.2) is 5.43 Å². The van der Waals surface area contributed by atoms with Gasteiger partial charge in [0.2, 0.25) is 11.8 Å². The van der Waals surface area contributed by atoms with Gasteiger partial charge in [0.25, 0.3) is 5.91 Å². The van der Waals surface area contributed by atoms with E-state index in [1.807, 2.05) is 32.2 Å². The zero-order valence-corrected chi connectivity index (χ0v) is 24.2. The van der Waals surface area contributed by atoms with Gasteiger partial charge in [-0.05, 0) is 69.0 Å². The number of carboxylic acid groups (broad SMARTS) is 1. The van der Waals surface area contributed by atoms with Gasteiger partial charge in [-0.2, -0.15) is 0 Å². The van der Waals surface area contributed by atoms with E-state index in [2.05, 4.69) is 40.1 Å². The third-order valence-corrected chi connectivity index (χ3v) is 7.19. The molecule has 1 aromatic carbocycles. The Bertz CT molecular complexity index is 1290. The number of carboxylic acids is 1. The number of pyridine rings is 1. The van der Waals surface area contributed by atoms with Crippen LogP contribution >= 0.6 is 0 Å². The van der Waals surface area contributed by atoms with Crippen molar-refractivity contribution in [2.45, 2.75) is 78.9 Å². The average molecular weight is 552 g/mol. The minimum atomic E-state index is -1.03. The van der Waals surface area contributed by atoms with Crippen LogP contribution in [-0.4, -0.2) is 63.5 Å². The molecule has 10 nitrogen and oxygen atoms in total. The maximum Gasteiger partial charge on any atom is 0.322 e. The van der Waals surface area contributed by atoms with Crippen LogP contribution in [0.15, 0.2) is 36.5 Å². The number of rotatable bonds is 10. The Kier molecular flexibility index (Phi) is 10.0. The molecular weight excluding hydrogens is 510 g/mol. The van der Waals surface area contributed by atoms with Crippen LogP contribution in [0.5, 0.6) is 0 Å². The fourth-order valence-corrected chi connectivity index (χ4v) is 4.47. The van der Waals surface area contributed by atoms with Gasteiger partial charge in [-0.15, -0.1) is 0 Å². The van der Waals surface area contributed by atoms with E-state index in [0.717, 1.165) is 22.9 Å². The molecule has 2 heterocycles. The maximum atomic E-state index is 13.3. The van der Waals surface area contributed by atoms with Gasteiger partial charge in [-0.1, -0.05) is 45.0 Å². The van der Waals surface area contributed by atoms with Crippen molar-refractivity contribution < 1.29 is 24.3 Å². The molecule has 0 bridgehead atoms. The lowest BCUT2D eigenvalue weighted by Crippen LogP contribution is -2.61. The molecule has 0 spiro atoms. The lowest BCUT2D eigenvalue weighted by atomic mass is 9.90. The molecule has 3 rings (SSSR count). The second-order valence-electron chi connectivity index (χ2n) is 11.3. The van der Waals surface area contributed by atoms with Crippen molar-refractivity contribution in [3.63, 3.8) is 0 Å². The van der Waals surface area contributed by atoms with Crippen LogP contribution in [0.3, 0.4) is 0 Å². The van der Waals surface area contributed by atoms with Crippen molar-refractivity contribution in [3.05, 3.63) is 47.8 Å². The molecule has 10 heteroatoms. The number of aliphatic carboxylic acids is 1. The summed E-state index contributed by atoms with van der Waals surface area (Å²) in [6, 6.07) is 5.62. The van der Waals surface area contributed by atoms with Crippen LogP contribution in [0.1, 0.15) is 65.6 Å². The fourth-order valence-electron chi connectivity index (χ4n) is 4.47. The summed E-state index contributed by atoms with van der Waals surface area (Å²) in [6.45, 7) is 11.1.